The normalized spacial score (nSPS) is 49.6. The van der Waals surface area contributed by atoms with E-state index >= 15 is 0 Å². The third kappa shape index (κ3) is 2.87. The van der Waals surface area contributed by atoms with Crippen LogP contribution in [-0.2, 0) is 23.8 Å². The molecule has 0 saturated carbocycles. The minimum absolute atomic E-state index is 0.00307. The van der Waals surface area contributed by atoms with Gasteiger partial charge in [-0.1, -0.05) is 6.58 Å². The first-order valence-corrected chi connectivity index (χ1v) is 9.17. The average molecular weight is 346 g/mol. The van der Waals surface area contributed by atoms with E-state index in [9.17, 15) is 9.59 Å². The maximum atomic E-state index is 12.7. The molecule has 25 heavy (non-hydrogen) atoms. The number of rotatable bonds is 0. The summed E-state index contributed by atoms with van der Waals surface area (Å²) in [5.41, 5.74) is -1.22. The number of epoxide rings is 2. The smallest absolute Gasteiger partial charge is 0.334 e. The second-order valence-electron chi connectivity index (χ2n) is 8.56. The predicted octanol–water partition coefficient (Wildman–Crippen LogP) is 2.88. The van der Waals surface area contributed by atoms with E-state index < -0.39 is 17.2 Å². The van der Waals surface area contributed by atoms with Crippen LogP contribution in [0.4, 0.5) is 0 Å². The van der Waals surface area contributed by atoms with Gasteiger partial charge in [0.25, 0.3) is 0 Å². The van der Waals surface area contributed by atoms with Gasteiger partial charge in [0.2, 0.25) is 0 Å². The highest BCUT2D eigenvalue weighted by Gasteiger charge is 2.57. The maximum absolute atomic E-state index is 12.7. The zero-order valence-electron chi connectivity index (χ0n) is 15.2. The molecule has 6 atom stereocenters. The van der Waals surface area contributed by atoms with Gasteiger partial charge in [0.15, 0.2) is 11.4 Å². The van der Waals surface area contributed by atoms with Gasteiger partial charge in [-0.3, -0.25) is 4.79 Å². The Hall–Kier alpha value is -1.46. The van der Waals surface area contributed by atoms with Crippen LogP contribution in [0.1, 0.15) is 52.9 Å². The summed E-state index contributed by atoms with van der Waals surface area (Å²) in [5.74, 6) is -0.645. The van der Waals surface area contributed by atoms with Gasteiger partial charge in [-0.2, -0.15) is 0 Å². The van der Waals surface area contributed by atoms with Crippen molar-refractivity contribution in [2.24, 2.45) is 5.92 Å². The molecule has 0 aromatic heterocycles. The molecule has 0 aromatic rings. The van der Waals surface area contributed by atoms with E-state index in [4.69, 9.17) is 14.2 Å². The summed E-state index contributed by atoms with van der Waals surface area (Å²) in [6, 6.07) is 0. The van der Waals surface area contributed by atoms with Crippen LogP contribution >= 0.6 is 0 Å². The molecule has 0 radical (unpaired) electrons. The Balaban J connectivity index is 1.65. The molecule has 5 nitrogen and oxygen atoms in total. The van der Waals surface area contributed by atoms with Crippen molar-refractivity contribution < 1.29 is 23.8 Å². The van der Waals surface area contributed by atoms with Crippen LogP contribution < -0.4 is 0 Å². The lowest BCUT2D eigenvalue weighted by Gasteiger charge is -2.24. The molecule has 5 heteroatoms. The average Bonchev–Trinajstić information content (AvgIpc) is 3.41. The van der Waals surface area contributed by atoms with Crippen molar-refractivity contribution in [2.75, 3.05) is 0 Å². The van der Waals surface area contributed by atoms with Gasteiger partial charge in [0.05, 0.1) is 17.8 Å². The van der Waals surface area contributed by atoms with E-state index in [1.165, 1.54) is 6.08 Å². The number of ether oxygens (including phenoxy) is 3. The monoisotopic (exact) mass is 346 g/mol. The largest absolute Gasteiger partial charge is 0.448 e. The molecule has 0 N–H and O–H groups in total. The molecular formula is C20H26O5. The predicted molar refractivity (Wildman–Crippen MR) is 90.9 cm³/mol. The standard InChI is InChI=1S/C20H26O5/c1-12-13-5-8-18(2,25-17(12)22)14(21)6-9-19(3)15(23-19)7-10-20(4)16(11-13)24-20/h6,9,13,15-16H,1,5,7-8,10-11H2,2-4H3. The molecule has 0 aromatic carbocycles. The second kappa shape index (κ2) is 5.27. The molecule has 1 aliphatic carbocycles. The third-order valence-electron chi connectivity index (χ3n) is 6.54. The summed E-state index contributed by atoms with van der Waals surface area (Å²) in [5, 5.41) is 0. The minimum atomic E-state index is -1.14. The fraction of sp³-hybridized carbons (Fsp3) is 0.700. The van der Waals surface area contributed by atoms with Crippen LogP contribution in [0.2, 0.25) is 0 Å². The van der Waals surface area contributed by atoms with Crippen molar-refractivity contribution in [1.82, 2.24) is 0 Å². The highest BCUT2D eigenvalue weighted by molar-refractivity contribution is 6.00. The van der Waals surface area contributed by atoms with Crippen LogP contribution in [0.25, 0.3) is 0 Å². The number of fused-ring (bicyclic) bond motifs is 5. The fourth-order valence-corrected chi connectivity index (χ4v) is 4.21. The lowest BCUT2D eigenvalue weighted by Crippen LogP contribution is -2.38. The molecule has 4 aliphatic rings. The summed E-state index contributed by atoms with van der Waals surface area (Å²) in [4.78, 5) is 25.2. The van der Waals surface area contributed by atoms with Crippen LogP contribution in [0.5, 0.6) is 0 Å². The molecule has 3 aliphatic heterocycles. The number of carbonyl (C=O) groups excluding carboxylic acids is 2. The first-order valence-electron chi connectivity index (χ1n) is 9.17. The summed E-state index contributed by atoms with van der Waals surface area (Å²) in [6.45, 7) is 9.76. The Kier molecular flexibility index (Phi) is 3.58. The van der Waals surface area contributed by atoms with Crippen LogP contribution in [0.3, 0.4) is 0 Å². The van der Waals surface area contributed by atoms with Gasteiger partial charge in [-0.05, 0) is 70.9 Å². The van der Waals surface area contributed by atoms with Gasteiger partial charge < -0.3 is 14.2 Å². The summed E-state index contributed by atoms with van der Waals surface area (Å²) in [7, 11) is 0. The number of esters is 1. The third-order valence-corrected chi connectivity index (χ3v) is 6.54. The van der Waals surface area contributed by atoms with Crippen molar-refractivity contribution in [3.05, 3.63) is 24.3 Å². The second-order valence-corrected chi connectivity index (χ2v) is 8.56. The van der Waals surface area contributed by atoms with Crippen molar-refractivity contribution in [2.45, 2.75) is 81.9 Å². The van der Waals surface area contributed by atoms with Crippen molar-refractivity contribution in [3.63, 3.8) is 0 Å². The Morgan fingerprint density at radius 2 is 1.84 bits per heavy atom. The molecule has 3 heterocycles. The van der Waals surface area contributed by atoms with Crippen molar-refractivity contribution in [1.29, 1.82) is 0 Å². The molecule has 4 rings (SSSR count). The number of hydrogen-bond acceptors (Lipinski definition) is 5. The van der Waals surface area contributed by atoms with Gasteiger partial charge >= 0.3 is 5.97 Å². The van der Waals surface area contributed by atoms with Crippen molar-refractivity contribution >= 4 is 11.8 Å². The SMILES string of the molecule is C=C1C(=O)OC2(C)CCC1CC1OC1(C)CCC1OC1(C)C=CC2=O. The Labute approximate surface area is 148 Å². The highest BCUT2D eigenvalue weighted by atomic mass is 16.6. The van der Waals surface area contributed by atoms with Gasteiger partial charge in [0.1, 0.15) is 5.60 Å². The minimum Gasteiger partial charge on any atom is -0.448 e. The van der Waals surface area contributed by atoms with E-state index in [0.717, 1.165) is 19.3 Å². The van der Waals surface area contributed by atoms with Crippen molar-refractivity contribution in [3.8, 4) is 0 Å². The molecular weight excluding hydrogens is 320 g/mol. The Morgan fingerprint density at radius 1 is 1.08 bits per heavy atom. The van der Waals surface area contributed by atoms with Gasteiger partial charge in [-0.15, -0.1) is 0 Å². The number of carbonyl (C=O) groups is 2. The summed E-state index contributed by atoms with van der Waals surface area (Å²) >= 11 is 0. The zero-order valence-corrected chi connectivity index (χ0v) is 15.2. The topological polar surface area (TPSA) is 68.4 Å². The van der Waals surface area contributed by atoms with E-state index in [-0.39, 0.29) is 29.5 Å². The lowest BCUT2D eigenvalue weighted by atomic mass is 9.83. The first-order chi connectivity index (χ1) is 11.7. The maximum Gasteiger partial charge on any atom is 0.334 e. The first kappa shape index (κ1) is 17.0. The molecule has 0 amide bonds. The quantitative estimate of drug-likeness (QED) is 0.383. The van der Waals surface area contributed by atoms with E-state index in [0.29, 0.717) is 18.4 Å². The molecule has 2 bridgehead atoms. The van der Waals surface area contributed by atoms with Crippen LogP contribution in [-0.4, -0.2) is 40.8 Å². The number of ketones is 1. The highest BCUT2D eigenvalue weighted by Crippen LogP contribution is 2.50. The van der Waals surface area contributed by atoms with Crippen LogP contribution in [0.15, 0.2) is 24.3 Å². The fourth-order valence-electron chi connectivity index (χ4n) is 4.21. The lowest BCUT2D eigenvalue weighted by molar-refractivity contribution is -0.159. The Morgan fingerprint density at radius 3 is 2.60 bits per heavy atom. The molecule has 0 spiro atoms. The van der Waals surface area contributed by atoms with Gasteiger partial charge in [0, 0.05) is 5.57 Å². The molecule has 3 fully saturated rings. The molecule has 6 unspecified atom stereocenters. The van der Waals surface area contributed by atoms with E-state index in [1.807, 2.05) is 13.0 Å². The number of hydrogen-bond donors (Lipinski definition) is 0. The molecule has 136 valence electrons. The summed E-state index contributed by atoms with van der Waals surface area (Å²) < 4.78 is 17.3. The molecule has 3 saturated heterocycles. The zero-order chi connectivity index (χ0) is 18.0. The summed E-state index contributed by atoms with van der Waals surface area (Å²) in [6.07, 6.45) is 7.37. The van der Waals surface area contributed by atoms with Crippen LogP contribution in [0, 0.1) is 5.92 Å². The van der Waals surface area contributed by atoms with E-state index in [1.54, 1.807) is 6.92 Å². The van der Waals surface area contributed by atoms with Gasteiger partial charge in [-0.25, -0.2) is 4.79 Å². The van der Waals surface area contributed by atoms with E-state index in [2.05, 4.69) is 13.5 Å². The Bertz CT molecular complexity index is 682.